The van der Waals surface area contributed by atoms with Crippen LogP contribution in [0, 0.1) is 0 Å². The Morgan fingerprint density at radius 2 is 2.00 bits per heavy atom. The second kappa shape index (κ2) is 9.37. The molecule has 0 unspecified atom stereocenters. The number of aromatic nitrogens is 1. The van der Waals surface area contributed by atoms with E-state index in [-0.39, 0.29) is 5.97 Å². The molecule has 6 heteroatoms. The number of pyridine rings is 1. The maximum Gasteiger partial charge on any atom is 0.339 e. The first-order valence-corrected chi connectivity index (χ1v) is 9.43. The summed E-state index contributed by atoms with van der Waals surface area (Å²) in [5.41, 5.74) is 1.71. The Morgan fingerprint density at radius 1 is 1.22 bits per heavy atom. The Labute approximate surface area is 160 Å². The van der Waals surface area contributed by atoms with Gasteiger partial charge in [-0.15, -0.1) is 0 Å². The number of nitrogens with zero attached hydrogens (tertiary/aromatic N) is 2. The van der Waals surface area contributed by atoms with E-state index in [9.17, 15) is 4.79 Å². The van der Waals surface area contributed by atoms with Crippen LogP contribution in [0.3, 0.4) is 0 Å². The second-order valence-corrected chi connectivity index (χ2v) is 6.66. The molecular formula is C21H27N3O3. The molecule has 1 aromatic heterocycles. The number of ether oxygens (including phenoxy) is 2. The molecule has 1 N–H and O–H groups in total. The first-order valence-electron chi connectivity index (χ1n) is 9.43. The van der Waals surface area contributed by atoms with Crippen molar-refractivity contribution in [2.45, 2.75) is 32.4 Å². The number of methoxy groups -OCH3 is 1. The number of benzene rings is 1. The van der Waals surface area contributed by atoms with Gasteiger partial charge >= 0.3 is 5.97 Å². The minimum atomic E-state index is -0.332. The van der Waals surface area contributed by atoms with Crippen LogP contribution < -0.4 is 10.1 Å². The SMILES string of the molecule is CCOC(=O)c1ccc(NC2CCN(Cc3ccccc3OC)CC2)nc1. The Hall–Kier alpha value is -2.60. The summed E-state index contributed by atoms with van der Waals surface area (Å²) in [6.07, 6.45) is 3.67. The van der Waals surface area contributed by atoms with Gasteiger partial charge in [-0.1, -0.05) is 18.2 Å². The van der Waals surface area contributed by atoms with E-state index in [0.29, 0.717) is 18.2 Å². The molecule has 0 radical (unpaired) electrons. The fraction of sp³-hybridized carbons (Fsp3) is 0.429. The summed E-state index contributed by atoms with van der Waals surface area (Å²) in [5, 5.41) is 3.47. The number of likely N-dealkylation sites (tertiary alicyclic amines) is 1. The highest BCUT2D eigenvalue weighted by Crippen LogP contribution is 2.22. The van der Waals surface area contributed by atoms with Crippen molar-refractivity contribution < 1.29 is 14.3 Å². The van der Waals surface area contributed by atoms with E-state index < -0.39 is 0 Å². The Morgan fingerprint density at radius 3 is 2.67 bits per heavy atom. The Bertz CT molecular complexity index is 741. The highest BCUT2D eigenvalue weighted by atomic mass is 16.5. The molecule has 144 valence electrons. The number of hydrogen-bond donors (Lipinski definition) is 1. The van der Waals surface area contributed by atoms with Crippen molar-refractivity contribution >= 4 is 11.8 Å². The maximum absolute atomic E-state index is 11.7. The summed E-state index contributed by atoms with van der Waals surface area (Å²) in [7, 11) is 1.72. The molecule has 1 aromatic carbocycles. The van der Waals surface area contributed by atoms with Gasteiger partial charge < -0.3 is 14.8 Å². The van der Waals surface area contributed by atoms with Gasteiger partial charge in [0.2, 0.25) is 0 Å². The van der Waals surface area contributed by atoms with Crippen LogP contribution in [0.5, 0.6) is 5.75 Å². The van der Waals surface area contributed by atoms with Crippen LogP contribution in [-0.2, 0) is 11.3 Å². The summed E-state index contributed by atoms with van der Waals surface area (Å²) in [6, 6.07) is 12.2. The van der Waals surface area contributed by atoms with E-state index in [4.69, 9.17) is 9.47 Å². The minimum absolute atomic E-state index is 0.332. The third kappa shape index (κ3) is 5.20. The van der Waals surface area contributed by atoms with E-state index in [1.165, 1.54) is 5.56 Å². The summed E-state index contributed by atoms with van der Waals surface area (Å²) < 4.78 is 10.4. The van der Waals surface area contributed by atoms with Crippen LogP contribution in [0.15, 0.2) is 42.6 Å². The van der Waals surface area contributed by atoms with Gasteiger partial charge in [0.05, 0.1) is 19.3 Å². The molecule has 2 heterocycles. The van der Waals surface area contributed by atoms with Crippen molar-refractivity contribution in [1.82, 2.24) is 9.88 Å². The summed E-state index contributed by atoms with van der Waals surface area (Å²) in [5.74, 6) is 1.41. The summed E-state index contributed by atoms with van der Waals surface area (Å²) in [6.45, 7) is 5.12. The quantitative estimate of drug-likeness (QED) is 0.755. The first kappa shape index (κ1) is 19.2. The largest absolute Gasteiger partial charge is 0.496 e. The fourth-order valence-electron chi connectivity index (χ4n) is 3.33. The lowest BCUT2D eigenvalue weighted by Gasteiger charge is -2.32. The topological polar surface area (TPSA) is 63.7 Å². The van der Waals surface area contributed by atoms with Crippen LogP contribution in [-0.4, -0.2) is 48.7 Å². The van der Waals surface area contributed by atoms with Crippen molar-refractivity contribution in [2.75, 3.05) is 32.1 Å². The second-order valence-electron chi connectivity index (χ2n) is 6.66. The average molecular weight is 369 g/mol. The number of carbonyl (C=O) groups is 1. The number of para-hydroxylation sites is 1. The van der Waals surface area contributed by atoms with Gasteiger partial charge in [-0.25, -0.2) is 9.78 Å². The van der Waals surface area contributed by atoms with Crippen LogP contribution in [0.4, 0.5) is 5.82 Å². The molecule has 2 aromatic rings. The molecule has 1 aliphatic rings. The van der Waals surface area contributed by atoms with Crippen molar-refractivity contribution in [3.8, 4) is 5.75 Å². The van der Waals surface area contributed by atoms with Crippen molar-refractivity contribution in [3.05, 3.63) is 53.7 Å². The van der Waals surface area contributed by atoms with Crippen LogP contribution in [0.1, 0.15) is 35.7 Å². The molecule has 0 spiro atoms. The summed E-state index contributed by atoms with van der Waals surface area (Å²) in [4.78, 5) is 18.5. The number of carbonyl (C=O) groups excluding carboxylic acids is 1. The third-order valence-electron chi connectivity index (χ3n) is 4.80. The monoisotopic (exact) mass is 369 g/mol. The molecule has 0 atom stereocenters. The standard InChI is InChI=1S/C21H27N3O3/c1-3-27-21(25)16-8-9-20(22-14-16)23-18-10-12-24(13-11-18)15-17-6-4-5-7-19(17)26-2/h4-9,14,18H,3,10-13,15H2,1-2H3,(H,22,23). The van der Waals surface area contributed by atoms with Crippen LogP contribution in [0.25, 0.3) is 0 Å². The predicted octanol–water partition coefficient (Wildman–Crippen LogP) is 3.34. The molecular weight excluding hydrogens is 342 g/mol. The fourth-order valence-corrected chi connectivity index (χ4v) is 3.33. The maximum atomic E-state index is 11.7. The van der Waals surface area contributed by atoms with Gasteiger partial charge in [-0.2, -0.15) is 0 Å². The zero-order chi connectivity index (χ0) is 19.1. The van der Waals surface area contributed by atoms with E-state index >= 15 is 0 Å². The average Bonchev–Trinajstić information content (AvgIpc) is 2.70. The van der Waals surface area contributed by atoms with Gasteiger partial charge in [-0.3, -0.25) is 4.90 Å². The number of esters is 1. The van der Waals surface area contributed by atoms with Crippen LogP contribution >= 0.6 is 0 Å². The molecule has 6 nitrogen and oxygen atoms in total. The minimum Gasteiger partial charge on any atom is -0.496 e. The highest BCUT2D eigenvalue weighted by molar-refractivity contribution is 5.89. The molecule has 27 heavy (non-hydrogen) atoms. The molecule has 0 bridgehead atoms. The number of hydrogen-bond acceptors (Lipinski definition) is 6. The van der Waals surface area contributed by atoms with Crippen LogP contribution in [0.2, 0.25) is 0 Å². The number of nitrogens with one attached hydrogen (secondary N) is 1. The van der Waals surface area contributed by atoms with Crippen molar-refractivity contribution in [2.24, 2.45) is 0 Å². The van der Waals surface area contributed by atoms with Gasteiger partial charge in [0.15, 0.2) is 0 Å². The van der Waals surface area contributed by atoms with Gasteiger partial charge in [0, 0.05) is 37.4 Å². The van der Waals surface area contributed by atoms with E-state index in [1.807, 2.05) is 18.2 Å². The Balaban J connectivity index is 1.49. The van der Waals surface area contributed by atoms with E-state index in [2.05, 4.69) is 27.3 Å². The van der Waals surface area contributed by atoms with E-state index in [0.717, 1.165) is 44.0 Å². The molecule has 3 rings (SSSR count). The zero-order valence-corrected chi connectivity index (χ0v) is 16.0. The Kier molecular flexibility index (Phi) is 6.65. The number of piperidine rings is 1. The van der Waals surface area contributed by atoms with Gasteiger partial charge in [-0.05, 0) is 38.0 Å². The normalized spacial score (nSPS) is 15.3. The molecule has 1 aliphatic heterocycles. The zero-order valence-electron chi connectivity index (χ0n) is 16.0. The molecule has 0 aliphatic carbocycles. The third-order valence-corrected chi connectivity index (χ3v) is 4.80. The predicted molar refractivity (Wildman–Crippen MR) is 105 cm³/mol. The molecule has 0 amide bonds. The lowest BCUT2D eigenvalue weighted by Crippen LogP contribution is -2.38. The number of anilines is 1. The smallest absolute Gasteiger partial charge is 0.339 e. The molecule has 0 saturated carbocycles. The lowest BCUT2D eigenvalue weighted by atomic mass is 10.0. The van der Waals surface area contributed by atoms with Gasteiger partial charge in [0.1, 0.15) is 11.6 Å². The highest BCUT2D eigenvalue weighted by Gasteiger charge is 2.20. The first-order chi connectivity index (χ1) is 13.2. The number of rotatable bonds is 7. The van der Waals surface area contributed by atoms with Crippen molar-refractivity contribution in [1.29, 1.82) is 0 Å². The molecule has 1 fully saturated rings. The van der Waals surface area contributed by atoms with E-state index in [1.54, 1.807) is 26.3 Å². The van der Waals surface area contributed by atoms with Gasteiger partial charge in [0.25, 0.3) is 0 Å². The lowest BCUT2D eigenvalue weighted by molar-refractivity contribution is 0.0526. The molecule has 1 saturated heterocycles. The summed E-state index contributed by atoms with van der Waals surface area (Å²) >= 11 is 0. The van der Waals surface area contributed by atoms with Crippen molar-refractivity contribution in [3.63, 3.8) is 0 Å².